The highest BCUT2D eigenvalue weighted by molar-refractivity contribution is 6.31. The fraction of sp³-hybridized carbons (Fsp3) is 0.364. The molecule has 0 fully saturated rings. The van der Waals surface area contributed by atoms with Crippen molar-refractivity contribution in [3.63, 3.8) is 0 Å². The lowest BCUT2D eigenvalue weighted by Crippen LogP contribution is -3.11. The fourth-order valence-electron chi connectivity index (χ4n) is 2.92. The van der Waals surface area contributed by atoms with E-state index in [1.807, 2.05) is 24.3 Å². The molecule has 1 atom stereocenters. The summed E-state index contributed by atoms with van der Waals surface area (Å²) in [6, 6.07) is 12.9. The third-order valence-electron chi connectivity index (χ3n) is 4.42. The highest BCUT2D eigenvalue weighted by atomic mass is 35.5. The normalized spacial score (nSPS) is 11.6. The SMILES string of the molecule is CCCCc1ccc(NC(=O)C[NH+](C)CC(=O)Nc2cc(Cl)ccc2OC)cc1. The molecule has 0 aliphatic rings. The lowest BCUT2D eigenvalue weighted by Gasteiger charge is -2.15. The van der Waals surface area contributed by atoms with Crippen LogP contribution in [0.5, 0.6) is 5.75 Å². The van der Waals surface area contributed by atoms with Gasteiger partial charge in [-0.05, 0) is 48.7 Å². The quantitative estimate of drug-likeness (QED) is 0.555. The van der Waals surface area contributed by atoms with Crippen LogP contribution in [0.4, 0.5) is 11.4 Å². The second-order valence-electron chi connectivity index (χ2n) is 7.05. The molecule has 6 nitrogen and oxygen atoms in total. The Morgan fingerprint density at radius 1 is 1.03 bits per heavy atom. The van der Waals surface area contributed by atoms with Gasteiger partial charge in [-0.3, -0.25) is 9.59 Å². The number of rotatable bonds is 10. The van der Waals surface area contributed by atoms with Gasteiger partial charge in [0.25, 0.3) is 11.8 Å². The molecule has 0 bridgehead atoms. The molecule has 29 heavy (non-hydrogen) atoms. The first kappa shape index (κ1) is 22.7. The van der Waals surface area contributed by atoms with Crippen molar-refractivity contribution in [2.24, 2.45) is 0 Å². The van der Waals surface area contributed by atoms with Gasteiger partial charge in [-0.15, -0.1) is 0 Å². The van der Waals surface area contributed by atoms with Gasteiger partial charge in [-0.2, -0.15) is 0 Å². The van der Waals surface area contributed by atoms with Gasteiger partial charge in [-0.25, -0.2) is 0 Å². The number of hydrogen-bond acceptors (Lipinski definition) is 3. The summed E-state index contributed by atoms with van der Waals surface area (Å²) < 4.78 is 5.22. The molecule has 7 heteroatoms. The van der Waals surface area contributed by atoms with Gasteiger partial charge in [0.15, 0.2) is 13.1 Å². The number of quaternary nitrogens is 1. The Balaban J connectivity index is 1.82. The molecule has 0 aliphatic heterocycles. The summed E-state index contributed by atoms with van der Waals surface area (Å²) in [5.41, 5.74) is 2.53. The molecule has 2 aromatic rings. The predicted molar refractivity (Wildman–Crippen MR) is 117 cm³/mol. The zero-order valence-electron chi connectivity index (χ0n) is 17.2. The van der Waals surface area contributed by atoms with Gasteiger partial charge >= 0.3 is 0 Å². The Morgan fingerprint density at radius 3 is 2.31 bits per heavy atom. The maximum Gasteiger partial charge on any atom is 0.279 e. The van der Waals surface area contributed by atoms with Gasteiger partial charge in [0.2, 0.25) is 0 Å². The number of nitrogens with one attached hydrogen (secondary N) is 3. The third kappa shape index (κ3) is 7.75. The highest BCUT2D eigenvalue weighted by Gasteiger charge is 2.16. The Bertz CT molecular complexity index is 825. The van der Waals surface area contributed by atoms with Crippen molar-refractivity contribution < 1.29 is 19.2 Å². The first-order chi connectivity index (χ1) is 13.9. The number of amides is 2. The predicted octanol–water partition coefficient (Wildman–Crippen LogP) is 2.78. The Labute approximate surface area is 177 Å². The van der Waals surface area contributed by atoms with Gasteiger partial charge in [0.1, 0.15) is 5.75 Å². The molecule has 0 aromatic heterocycles. The molecule has 0 saturated carbocycles. The minimum Gasteiger partial charge on any atom is -0.495 e. The summed E-state index contributed by atoms with van der Waals surface area (Å²) in [7, 11) is 3.32. The summed E-state index contributed by atoms with van der Waals surface area (Å²) in [4.78, 5) is 25.3. The lowest BCUT2D eigenvalue weighted by molar-refractivity contribution is -0.862. The number of aryl methyl sites for hydroxylation is 1. The molecule has 2 aromatic carbocycles. The van der Waals surface area contributed by atoms with Crippen molar-refractivity contribution in [3.05, 3.63) is 53.1 Å². The highest BCUT2D eigenvalue weighted by Crippen LogP contribution is 2.27. The first-order valence-electron chi connectivity index (χ1n) is 9.74. The number of methoxy groups -OCH3 is 1. The summed E-state index contributed by atoms with van der Waals surface area (Å²) >= 11 is 5.98. The van der Waals surface area contributed by atoms with E-state index in [1.54, 1.807) is 25.2 Å². The van der Waals surface area contributed by atoms with E-state index < -0.39 is 0 Å². The maximum absolute atomic E-state index is 12.3. The van der Waals surface area contributed by atoms with Crippen molar-refractivity contribution in [2.45, 2.75) is 26.2 Å². The molecule has 1 unspecified atom stereocenters. The second kappa shape index (κ2) is 11.4. The van der Waals surface area contributed by atoms with E-state index in [4.69, 9.17) is 16.3 Å². The fourth-order valence-corrected chi connectivity index (χ4v) is 3.10. The maximum atomic E-state index is 12.3. The first-order valence-corrected chi connectivity index (χ1v) is 10.1. The van der Waals surface area contributed by atoms with E-state index in [0.717, 1.165) is 29.8 Å². The van der Waals surface area contributed by atoms with E-state index in [9.17, 15) is 9.59 Å². The summed E-state index contributed by atoms with van der Waals surface area (Å²) in [6.07, 6.45) is 3.36. The van der Waals surface area contributed by atoms with E-state index in [1.165, 1.54) is 12.7 Å². The van der Waals surface area contributed by atoms with Crippen LogP contribution in [-0.4, -0.2) is 39.1 Å². The van der Waals surface area contributed by atoms with Crippen LogP contribution in [0.3, 0.4) is 0 Å². The number of ether oxygens (including phenoxy) is 1. The molecule has 0 saturated heterocycles. The Kier molecular flexibility index (Phi) is 8.96. The van der Waals surface area contributed by atoms with Crippen molar-refractivity contribution in [2.75, 3.05) is 37.9 Å². The molecule has 0 aliphatic carbocycles. The molecular formula is C22H29ClN3O3+. The monoisotopic (exact) mass is 418 g/mol. The average Bonchev–Trinajstić information content (AvgIpc) is 2.67. The van der Waals surface area contributed by atoms with Gasteiger partial charge in [0, 0.05) is 10.7 Å². The molecule has 0 radical (unpaired) electrons. The Morgan fingerprint density at radius 2 is 1.69 bits per heavy atom. The summed E-state index contributed by atoms with van der Waals surface area (Å²) in [5.74, 6) is 0.161. The molecule has 0 spiro atoms. The van der Waals surface area contributed by atoms with Gasteiger partial charge < -0.3 is 20.3 Å². The topological polar surface area (TPSA) is 71.9 Å². The summed E-state index contributed by atoms with van der Waals surface area (Å²) in [6.45, 7) is 2.48. The van der Waals surface area contributed by atoms with E-state index >= 15 is 0 Å². The van der Waals surface area contributed by atoms with Crippen LogP contribution in [0.25, 0.3) is 0 Å². The molecule has 2 rings (SSSR count). The smallest absolute Gasteiger partial charge is 0.279 e. The number of carbonyl (C=O) groups excluding carboxylic acids is 2. The van der Waals surface area contributed by atoms with Crippen molar-refractivity contribution in [1.82, 2.24) is 0 Å². The number of unbranched alkanes of at least 4 members (excludes halogenated alkanes) is 1. The minimum absolute atomic E-state index is 0.138. The van der Waals surface area contributed by atoms with Crippen LogP contribution in [0, 0.1) is 0 Å². The Hall–Kier alpha value is -2.57. The molecular weight excluding hydrogens is 390 g/mol. The number of hydrogen-bond donors (Lipinski definition) is 3. The molecule has 156 valence electrons. The number of carbonyl (C=O) groups is 2. The largest absolute Gasteiger partial charge is 0.495 e. The number of likely N-dealkylation sites (N-methyl/N-ethyl adjacent to an activating group) is 1. The average molecular weight is 419 g/mol. The number of anilines is 2. The lowest BCUT2D eigenvalue weighted by atomic mass is 10.1. The zero-order valence-corrected chi connectivity index (χ0v) is 17.9. The van der Waals surface area contributed by atoms with Crippen LogP contribution < -0.4 is 20.3 Å². The van der Waals surface area contributed by atoms with Crippen LogP contribution >= 0.6 is 11.6 Å². The molecule has 0 heterocycles. The van der Waals surface area contributed by atoms with Gasteiger partial charge in [-0.1, -0.05) is 37.1 Å². The summed E-state index contributed by atoms with van der Waals surface area (Å²) in [5, 5.41) is 6.16. The minimum atomic E-state index is -0.226. The van der Waals surface area contributed by atoms with Crippen LogP contribution in [0.15, 0.2) is 42.5 Å². The van der Waals surface area contributed by atoms with Crippen molar-refractivity contribution in [1.29, 1.82) is 0 Å². The van der Waals surface area contributed by atoms with E-state index in [0.29, 0.717) is 16.5 Å². The standard InChI is InChI=1S/C22H28ClN3O3/c1-4-5-6-16-7-10-18(11-8-16)24-21(27)14-26(2)15-22(28)25-19-13-17(23)9-12-20(19)29-3/h7-13H,4-6,14-15H2,1-3H3,(H,24,27)(H,25,28)/p+1. The van der Waals surface area contributed by atoms with E-state index in [2.05, 4.69) is 17.6 Å². The molecule has 2 amide bonds. The number of benzene rings is 2. The van der Waals surface area contributed by atoms with Crippen molar-refractivity contribution >= 4 is 34.8 Å². The molecule has 3 N–H and O–H groups in total. The van der Waals surface area contributed by atoms with E-state index in [-0.39, 0.29) is 24.9 Å². The number of halogens is 1. The zero-order chi connectivity index (χ0) is 21.2. The van der Waals surface area contributed by atoms with Crippen LogP contribution in [-0.2, 0) is 16.0 Å². The third-order valence-corrected chi connectivity index (χ3v) is 4.65. The van der Waals surface area contributed by atoms with Crippen LogP contribution in [0.2, 0.25) is 5.02 Å². The second-order valence-corrected chi connectivity index (χ2v) is 7.49. The van der Waals surface area contributed by atoms with Crippen molar-refractivity contribution in [3.8, 4) is 5.75 Å². The van der Waals surface area contributed by atoms with Crippen LogP contribution in [0.1, 0.15) is 25.3 Å². The van der Waals surface area contributed by atoms with Gasteiger partial charge in [0.05, 0.1) is 19.8 Å².